The van der Waals surface area contributed by atoms with Crippen LogP contribution < -0.4 is 5.32 Å². The molecule has 0 fully saturated rings. The van der Waals surface area contributed by atoms with Crippen molar-refractivity contribution < 1.29 is 4.79 Å². The zero-order chi connectivity index (χ0) is 9.26. The average molecular weight is 173 g/mol. The van der Waals surface area contributed by atoms with Gasteiger partial charge < -0.3 is 5.32 Å². The first-order chi connectivity index (χ1) is 6.29. The van der Waals surface area contributed by atoms with Crippen molar-refractivity contribution in [3.8, 4) is 0 Å². The van der Waals surface area contributed by atoms with Gasteiger partial charge in [0.2, 0.25) is 5.91 Å². The summed E-state index contributed by atoms with van der Waals surface area (Å²) >= 11 is 0. The zero-order valence-electron chi connectivity index (χ0n) is 7.34. The normalized spacial score (nSPS) is 14.6. The van der Waals surface area contributed by atoms with Crippen molar-refractivity contribution in [2.75, 3.05) is 5.32 Å². The Balaban J connectivity index is 2.42. The summed E-state index contributed by atoms with van der Waals surface area (Å²) in [7, 11) is 0. The molecule has 0 saturated carbocycles. The highest BCUT2D eigenvalue weighted by Gasteiger charge is 2.13. The van der Waals surface area contributed by atoms with E-state index in [9.17, 15) is 4.79 Å². The highest BCUT2D eigenvalue weighted by molar-refractivity contribution is 5.94. The molecule has 0 unspecified atom stereocenters. The van der Waals surface area contributed by atoms with Gasteiger partial charge in [-0.25, -0.2) is 0 Å². The number of nitrogens with one attached hydrogen (secondary N) is 1. The van der Waals surface area contributed by atoms with Gasteiger partial charge in [0.05, 0.1) is 0 Å². The maximum atomic E-state index is 11.0. The van der Waals surface area contributed by atoms with E-state index in [1.54, 1.807) is 0 Å². The second kappa shape index (κ2) is 3.05. The van der Waals surface area contributed by atoms with Crippen LogP contribution in [0.15, 0.2) is 24.8 Å². The fourth-order valence-corrected chi connectivity index (χ4v) is 1.53. The molecule has 66 valence electrons. The number of fused-ring (bicyclic) bond motifs is 1. The van der Waals surface area contributed by atoms with Gasteiger partial charge in [0.1, 0.15) is 0 Å². The quantitative estimate of drug-likeness (QED) is 0.693. The monoisotopic (exact) mass is 173 g/mol. The van der Waals surface area contributed by atoms with E-state index in [2.05, 4.69) is 18.0 Å². The van der Waals surface area contributed by atoms with E-state index in [4.69, 9.17) is 0 Å². The Morgan fingerprint density at radius 1 is 1.38 bits per heavy atom. The third-order valence-electron chi connectivity index (χ3n) is 2.26. The summed E-state index contributed by atoms with van der Waals surface area (Å²) in [5.41, 5.74) is 3.26. The Bertz CT molecular complexity index is 368. The molecule has 1 aliphatic heterocycles. The molecule has 0 radical (unpaired) electrons. The Hall–Kier alpha value is -1.57. The van der Waals surface area contributed by atoms with E-state index in [0.717, 1.165) is 17.7 Å². The maximum absolute atomic E-state index is 11.0. The number of rotatable bonds is 1. The highest BCUT2D eigenvalue weighted by Crippen LogP contribution is 2.23. The van der Waals surface area contributed by atoms with Crippen LogP contribution in [-0.4, -0.2) is 5.91 Å². The van der Waals surface area contributed by atoms with Gasteiger partial charge in [0, 0.05) is 12.1 Å². The summed E-state index contributed by atoms with van der Waals surface area (Å²) < 4.78 is 0. The van der Waals surface area contributed by atoms with Gasteiger partial charge in [0.25, 0.3) is 0 Å². The topological polar surface area (TPSA) is 29.1 Å². The van der Waals surface area contributed by atoms with E-state index in [-0.39, 0.29) is 5.91 Å². The smallest absolute Gasteiger partial charge is 0.224 e. The lowest BCUT2D eigenvalue weighted by Crippen LogP contribution is -2.18. The van der Waals surface area contributed by atoms with Crippen LogP contribution in [0.5, 0.6) is 0 Å². The molecule has 1 aliphatic rings. The van der Waals surface area contributed by atoms with E-state index in [1.807, 2.05) is 18.2 Å². The van der Waals surface area contributed by atoms with Gasteiger partial charge in [-0.05, 0) is 29.7 Å². The van der Waals surface area contributed by atoms with E-state index in [1.165, 1.54) is 5.56 Å². The predicted octanol–water partition coefficient (Wildman–Crippen LogP) is 2.21. The minimum Gasteiger partial charge on any atom is -0.326 e. The molecule has 0 saturated heterocycles. The highest BCUT2D eigenvalue weighted by atomic mass is 16.1. The number of anilines is 1. The number of hydrogen-bond acceptors (Lipinski definition) is 1. The Morgan fingerprint density at radius 3 is 3.00 bits per heavy atom. The molecule has 0 atom stereocenters. The zero-order valence-corrected chi connectivity index (χ0v) is 7.34. The number of carbonyl (C=O) groups is 1. The van der Waals surface area contributed by atoms with Crippen LogP contribution in [-0.2, 0) is 11.2 Å². The summed E-state index contributed by atoms with van der Waals surface area (Å²) in [4.78, 5) is 11.0. The van der Waals surface area contributed by atoms with Crippen LogP contribution in [0.1, 0.15) is 17.5 Å². The SMILES string of the molecule is C=Cc1ccc2c(c1)CCC(=O)N2. The lowest BCUT2D eigenvalue weighted by Gasteiger charge is -2.16. The van der Waals surface area contributed by atoms with Gasteiger partial charge in [-0.2, -0.15) is 0 Å². The first kappa shape index (κ1) is 8.05. The second-order valence-corrected chi connectivity index (χ2v) is 3.17. The summed E-state index contributed by atoms with van der Waals surface area (Å²) in [5.74, 6) is 0.110. The maximum Gasteiger partial charge on any atom is 0.224 e. The van der Waals surface area contributed by atoms with Crippen molar-refractivity contribution in [1.29, 1.82) is 0 Å². The number of hydrogen-bond donors (Lipinski definition) is 1. The van der Waals surface area contributed by atoms with Gasteiger partial charge in [0.15, 0.2) is 0 Å². The van der Waals surface area contributed by atoms with Crippen LogP contribution in [0.4, 0.5) is 5.69 Å². The number of carbonyl (C=O) groups excluding carboxylic acids is 1. The van der Waals surface area contributed by atoms with Crippen molar-refractivity contribution in [1.82, 2.24) is 0 Å². The van der Waals surface area contributed by atoms with Crippen molar-refractivity contribution in [3.05, 3.63) is 35.9 Å². The van der Waals surface area contributed by atoms with Gasteiger partial charge >= 0.3 is 0 Å². The molecule has 1 N–H and O–H groups in total. The standard InChI is InChI=1S/C11H11NO/c1-2-8-3-5-10-9(7-8)4-6-11(13)12-10/h2-3,5,7H,1,4,6H2,(H,12,13). The minimum atomic E-state index is 0.110. The van der Waals surface area contributed by atoms with Crippen molar-refractivity contribution in [3.63, 3.8) is 0 Å². The summed E-state index contributed by atoms with van der Waals surface area (Å²) in [6, 6.07) is 5.96. The fraction of sp³-hybridized carbons (Fsp3) is 0.182. The van der Waals surface area contributed by atoms with E-state index < -0.39 is 0 Å². The van der Waals surface area contributed by atoms with Crippen LogP contribution in [0.3, 0.4) is 0 Å². The molecule has 1 heterocycles. The molecular weight excluding hydrogens is 162 g/mol. The third-order valence-corrected chi connectivity index (χ3v) is 2.26. The first-order valence-electron chi connectivity index (χ1n) is 4.35. The van der Waals surface area contributed by atoms with Crippen molar-refractivity contribution in [2.45, 2.75) is 12.8 Å². The molecule has 1 amide bonds. The molecule has 2 rings (SSSR count). The van der Waals surface area contributed by atoms with Crippen LogP contribution >= 0.6 is 0 Å². The largest absolute Gasteiger partial charge is 0.326 e. The Kier molecular flexibility index (Phi) is 1.89. The molecule has 0 aliphatic carbocycles. The Morgan fingerprint density at radius 2 is 2.23 bits per heavy atom. The molecule has 1 aromatic rings. The van der Waals surface area contributed by atoms with Gasteiger partial charge in [-0.15, -0.1) is 0 Å². The molecule has 0 aromatic heterocycles. The van der Waals surface area contributed by atoms with E-state index in [0.29, 0.717) is 6.42 Å². The number of amides is 1. The van der Waals surface area contributed by atoms with Gasteiger partial charge in [-0.3, -0.25) is 4.79 Å². The van der Waals surface area contributed by atoms with Crippen LogP contribution in [0, 0.1) is 0 Å². The van der Waals surface area contributed by atoms with Crippen LogP contribution in [0.25, 0.3) is 6.08 Å². The second-order valence-electron chi connectivity index (χ2n) is 3.17. The molecule has 13 heavy (non-hydrogen) atoms. The van der Waals surface area contributed by atoms with E-state index >= 15 is 0 Å². The van der Waals surface area contributed by atoms with Crippen molar-refractivity contribution in [2.24, 2.45) is 0 Å². The molecular formula is C11H11NO. The lowest BCUT2D eigenvalue weighted by molar-refractivity contribution is -0.116. The fourth-order valence-electron chi connectivity index (χ4n) is 1.53. The summed E-state index contributed by atoms with van der Waals surface area (Å²) in [6.45, 7) is 3.71. The molecule has 0 spiro atoms. The van der Waals surface area contributed by atoms with Crippen molar-refractivity contribution >= 4 is 17.7 Å². The molecule has 2 nitrogen and oxygen atoms in total. The minimum absolute atomic E-state index is 0.110. The number of aryl methyl sites for hydroxylation is 1. The summed E-state index contributed by atoms with van der Waals surface area (Å²) in [6.07, 6.45) is 3.24. The first-order valence-corrected chi connectivity index (χ1v) is 4.35. The summed E-state index contributed by atoms with van der Waals surface area (Å²) in [5, 5.41) is 2.84. The molecule has 1 aromatic carbocycles. The molecule has 0 bridgehead atoms. The predicted molar refractivity (Wildman–Crippen MR) is 53.5 cm³/mol. The third kappa shape index (κ3) is 1.47. The Labute approximate surface area is 77.3 Å². The van der Waals surface area contributed by atoms with Crippen LogP contribution in [0.2, 0.25) is 0 Å². The average Bonchev–Trinajstić information content (AvgIpc) is 2.17. The molecule has 2 heteroatoms. The number of benzene rings is 1. The van der Waals surface area contributed by atoms with Gasteiger partial charge in [-0.1, -0.05) is 18.7 Å². The lowest BCUT2D eigenvalue weighted by atomic mass is 10.0.